The van der Waals surface area contributed by atoms with Crippen LogP contribution in [0.2, 0.25) is 0 Å². The minimum absolute atomic E-state index is 0.261. The molecule has 0 spiro atoms. The summed E-state index contributed by atoms with van der Waals surface area (Å²) in [5.41, 5.74) is 1.55. The van der Waals surface area contributed by atoms with Crippen LogP contribution in [0, 0.1) is 5.41 Å². The number of rotatable bonds is 4. The number of hydrogen-bond donors (Lipinski definition) is 1. The van der Waals surface area contributed by atoms with Crippen molar-refractivity contribution in [3.05, 3.63) is 23.8 Å². The highest BCUT2D eigenvalue weighted by Gasteiger charge is 2.48. The second-order valence-electron chi connectivity index (χ2n) is 5.56. The highest BCUT2D eigenvalue weighted by molar-refractivity contribution is 5.45. The van der Waals surface area contributed by atoms with Gasteiger partial charge in [-0.3, -0.25) is 0 Å². The highest BCUT2D eigenvalue weighted by Crippen LogP contribution is 2.54. The zero-order chi connectivity index (χ0) is 13.3. The van der Waals surface area contributed by atoms with E-state index in [2.05, 4.69) is 25.2 Å². The number of methoxy groups -OCH3 is 2. The summed E-state index contributed by atoms with van der Waals surface area (Å²) in [5, 5.41) is 3.39. The summed E-state index contributed by atoms with van der Waals surface area (Å²) in [7, 11) is 5.44. The van der Waals surface area contributed by atoms with Crippen LogP contribution in [-0.4, -0.2) is 27.3 Å². The zero-order valence-corrected chi connectivity index (χ0v) is 11.9. The molecule has 0 aliphatic heterocycles. The molecule has 0 saturated heterocycles. The molecule has 2 atom stereocenters. The van der Waals surface area contributed by atoms with Crippen molar-refractivity contribution in [3.63, 3.8) is 0 Å². The first-order valence-corrected chi connectivity index (χ1v) is 6.43. The Morgan fingerprint density at radius 2 is 1.94 bits per heavy atom. The molecule has 1 N–H and O–H groups in total. The van der Waals surface area contributed by atoms with Crippen LogP contribution in [0.25, 0.3) is 0 Å². The fourth-order valence-electron chi connectivity index (χ4n) is 3.05. The highest BCUT2D eigenvalue weighted by atomic mass is 16.5. The van der Waals surface area contributed by atoms with Crippen LogP contribution in [0.3, 0.4) is 0 Å². The lowest BCUT2D eigenvalue weighted by molar-refractivity contribution is 0.0734. The second kappa shape index (κ2) is 4.81. The molecule has 100 valence electrons. The smallest absolute Gasteiger partial charge is 0.126 e. The molecule has 0 bridgehead atoms. The first-order chi connectivity index (χ1) is 8.54. The second-order valence-corrected chi connectivity index (χ2v) is 5.56. The maximum Gasteiger partial charge on any atom is 0.126 e. The lowest BCUT2D eigenvalue weighted by Gasteiger charge is -2.52. The first-order valence-electron chi connectivity index (χ1n) is 6.43. The molecular weight excluding hydrogens is 226 g/mol. The van der Waals surface area contributed by atoms with Gasteiger partial charge < -0.3 is 14.8 Å². The molecule has 1 fully saturated rings. The van der Waals surface area contributed by atoms with Crippen LogP contribution in [-0.2, 0) is 0 Å². The van der Waals surface area contributed by atoms with Gasteiger partial charge in [0.1, 0.15) is 11.5 Å². The summed E-state index contributed by atoms with van der Waals surface area (Å²) in [5.74, 6) is 2.32. The Balaban J connectivity index is 2.30. The molecule has 1 aliphatic rings. The predicted molar refractivity (Wildman–Crippen MR) is 73.5 cm³/mol. The average molecular weight is 249 g/mol. The Morgan fingerprint density at radius 3 is 2.44 bits per heavy atom. The van der Waals surface area contributed by atoms with Gasteiger partial charge in [-0.05, 0) is 36.4 Å². The van der Waals surface area contributed by atoms with Crippen molar-refractivity contribution in [1.29, 1.82) is 0 Å². The molecule has 0 amide bonds. The Hall–Kier alpha value is -1.22. The van der Waals surface area contributed by atoms with E-state index in [4.69, 9.17) is 9.47 Å². The van der Waals surface area contributed by atoms with E-state index in [1.54, 1.807) is 14.2 Å². The van der Waals surface area contributed by atoms with Gasteiger partial charge in [0.25, 0.3) is 0 Å². The number of ether oxygens (including phenoxy) is 2. The van der Waals surface area contributed by atoms with E-state index in [1.807, 2.05) is 19.2 Å². The summed E-state index contributed by atoms with van der Waals surface area (Å²) in [6.07, 6.45) is 1.16. The topological polar surface area (TPSA) is 30.5 Å². The number of benzene rings is 1. The minimum atomic E-state index is 0.261. The lowest BCUT2D eigenvalue weighted by atomic mass is 9.56. The molecular formula is C15H23NO2. The van der Waals surface area contributed by atoms with Crippen molar-refractivity contribution in [2.45, 2.75) is 32.2 Å². The third kappa shape index (κ3) is 1.97. The molecule has 1 aromatic rings. The van der Waals surface area contributed by atoms with Crippen molar-refractivity contribution >= 4 is 0 Å². The van der Waals surface area contributed by atoms with Gasteiger partial charge in [-0.25, -0.2) is 0 Å². The summed E-state index contributed by atoms with van der Waals surface area (Å²) in [6.45, 7) is 4.62. The van der Waals surface area contributed by atoms with E-state index < -0.39 is 0 Å². The normalized spacial score (nSPS) is 25.4. The largest absolute Gasteiger partial charge is 0.497 e. The standard InChI is InChI=1S/C15H23NO2/c1-15(2)12(9-14(15)16-3)11-7-6-10(17-4)8-13(11)18-5/h6-8,12,14,16H,9H2,1-5H3. The fraction of sp³-hybridized carbons (Fsp3) is 0.600. The number of nitrogens with one attached hydrogen (secondary N) is 1. The van der Waals surface area contributed by atoms with Crippen molar-refractivity contribution in [1.82, 2.24) is 5.32 Å². The molecule has 0 radical (unpaired) electrons. The Kier molecular flexibility index (Phi) is 3.53. The van der Waals surface area contributed by atoms with Crippen LogP contribution in [0.1, 0.15) is 31.7 Å². The predicted octanol–water partition coefficient (Wildman–Crippen LogP) is 2.81. The Labute approximate surface area is 109 Å². The van der Waals surface area contributed by atoms with Crippen molar-refractivity contribution in [2.75, 3.05) is 21.3 Å². The summed E-state index contributed by atoms with van der Waals surface area (Å²) >= 11 is 0. The number of hydrogen-bond acceptors (Lipinski definition) is 3. The van der Waals surface area contributed by atoms with Crippen LogP contribution in [0.4, 0.5) is 0 Å². The van der Waals surface area contributed by atoms with Crippen molar-refractivity contribution in [3.8, 4) is 11.5 Å². The monoisotopic (exact) mass is 249 g/mol. The molecule has 2 unspecified atom stereocenters. The molecule has 1 aliphatic carbocycles. The van der Waals surface area contributed by atoms with Crippen molar-refractivity contribution < 1.29 is 9.47 Å². The summed E-state index contributed by atoms with van der Waals surface area (Å²) in [4.78, 5) is 0. The first kappa shape index (κ1) is 13.2. The quantitative estimate of drug-likeness (QED) is 0.890. The SMILES string of the molecule is CNC1CC(c2ccc(OC)cc2OC)C1(C)C. The molecule has 0 aromatic heterocycles. The van der Waals surface area contributed by atoms with E-state index in [0.717, 1.165) is 17.9 Å². The van der Waals surface area contributed by atoms with Gasteiger partial charge in [0.05, 0.1) is 14.2 Å². The van der Waals surface area contributed by atoms with Crippen LogP contribution in [0.5, 0.6) is 11.5 Å². The molecule has 1 saturated carbocycles. The van der Waals surface area contributed by atoms with E-state index in [9.17, 15) is 0 Å². The van der Waals surface area contributed by atoms with Gasteiger partial charge in [0, 0.05) is 12.1 Å². The van der Waals surface area contributed by atoms with E-state index in [-0.39, 0.29) is 5.41 Å². The van der Waals surface area contributed by atoms with Gasteiger partial charge in [-0.2, -0.15) is 0 Å². The van der Waals surface area contributed by atoms with Crippen molar-refractivity contribution in [2.24, 2.45) is 5.41 Å². The Bertz CT molecular complexity index is 429. The van der Waals surface area contributed by atoms with E-state index >= 15 is 0 Å². The third-order valence-corrected chi connectivity index (χ3v) is 4.43. The molecule has 3 nitrogen and oxygen atoms in total. The fourth-order valence-corrected chi connectivity index (χ4v) is 3.05. The summed E-state index contributed by atoms with van der Waals surface area (Å²) < 4.78 is 10.8. The summed E-state index contributed by atoms with van der Waals surface area (Å²) in [6, 6.07) is 6.70. The van der Waals surface area contributed by atoms with Crippen LogP contribution in [0.15, 0.2) is 18.2 Å². The Morgan fingerprint density at radius 1 is 1.22 bits per heavy atom. The molecule has 1 aromatic carbocycles. The van der Waals surface area contributed by atoms with Crippen LogP contribution < -0.4 is 14.8 Å². The maximum absolute atomic E-state index is 5.51. The van der Waals surface area contributed by atoms with E-state index in [0.29, 0.717) is 12.0 Å². The minimum Gasteiger partial charge on any atom is -0.497 e. The molecule has 0 heterocycles. The van der Waals surface area contributed by atoms with Gasteiger partial charge in [-0.15, -0.1) is 0 Å². The zero-order valence-electron chi connectivity index (χ0n) is 11.9. The maximum atomic E-state index is 5.51. The third-order valence-electron chi connectivity index (χ3n) is 4.43. The van der Waals surface area contributed by atoms with Gasteiger partial charge in [0.2, 0.25) is 0 Å². The molecule has 2 rings (SSSR count). The average Bonchev–Trinajstić information content (AvgIpc) is 2.38. The lowest BCUT2D eigenvalue weighted by Crippen LogP contribution is -2.54. The van der Waals surface area contributed by atoms with E-state index in [1.165, 1.54) is 5.56 Å². The van der Waals surface area contributed by atoms with Gasteiger partial charge in [0.15, 0.2) is 0 Å². The van der Waals surface area contributed by atoms with Gasteiger partial charge >= 0.3 is 0 Å². The molecule has 18 heavy (non-hydrogen) atoms. The van der Waals surface area contributed by atoms with Crippen LogP contribution >= 0.6 is 0 Å². The van der Waals surface area contributed by atoms with Gasteiger partial charge in [-0.1, -0.05) is 19.9 Å². The molecule has 3 heteroatoms.